The number of sulfonamides is 1. The standard InChI is InChI=1S/C20H25N3O3S/c1-15-7-9-17(10-8-15)27(25,26)21-19-6-4-5-18(16(19)2)20(24)23-13-11-22(3)12-14-23/h4-10,21H,11-14H2,1-3H3. The number of hydrogen-bond acceptors (Lipinski definition) is 4. The third kappa shape index (κ3) is 4.31. The third-order valence-corrected chi connectivity index (χ3v) is 6.31. The van der Waals surface area contributed by atoms with Crippen molar-refractivity contribution < 1.29 is 13.2 Å². The fourth-order valence-corrected chi connectivity index (χ4v) is 4.20. The van der Waals surface area contributed by atoms with Crippen LogP contribution in [0.25, 0.3) is 0 Å². The summed E-state index contributed by atoms with van der Waals surface area (Å²) >= 11 is 0. The Morgan fingerprint density at radius 2 is 1.59 bits per heavy atom. The Kier molecular flexibility index (Phi) is 5.53. The van der Waals surface area contributed by atoms with Gasteiger partial charge in [-0.15, -0.1) is 0 Å². The van der Waals surface area contributed by atoms with E-state index in [1.807, 2.05) is 18.9 Å². The van der Waals surface area contributed by atoms with E-state index in [0.717, 1.165) is 18.7 Å². The third-order valence-electron chi connectivity index (χ3n) is 4.93. The minimum Gasteiger partial charge on any atom is -0.336 e. The Labute approximate surface area is 160 Å². The summed E-state index contributed by atoms with van der Waals surface area (Å²) in [6, 6.07) is 11.8. The molecule has 6 nitrogen and oxygen atoms in total. The quantitative estimate of drug-likeness (QED) is 0.875. The number of aryl methyl sites for hydroxylation is 1. The number of nitrogens with one attached hydrogen (secondary N) is 1. The molecule has 0 atom stereocenters. The number of rotatable bonds is 4. The number of likely N-dealkylation sites (N-methyl/N-ethyl adjacent to an activating group) is 1. The first kappa shape index (κ1) is 19.4. The molecule has 27 heavy (non-hydrogen) atoms. The smallest absolute Gasteiger partial charge is 0.261 e. The van der Waals surface area contributed by atoms with Crippen LogP contribution in [0.15, 0.2) is 47.4 Å². The fourth-order valence-electron chi connectivity index (χ4n) is 3.08. The van der Waals surface area contributed by atoms with E-state index in [1.54, 1.807) is 49.4 Å². The SMILES string of the molecule is Cc1ccc(S(=O)(=O)Nc2cccc(C(=O)N3CCN(C)CC3)c2C)cc1. The first-order valence-electron chi connectivity index (χ1n) is 8.95. The summed E-state index contributed by atoms with van der Waals surface area (Å²) in [5.41, 5.74) is 2.58. The monoisotopic (exact) mass is 387 g/mol. The van der Waals surface area contributed by atoms with E-state index in [2.05, 4.69) is 9.62 Å². The van der Waals surface area contributed by atoms with E-state index in [1.165, 1.54) is 0 Å². The van der Waals surface area contributed by atoms with Crippen molar-refractivity contribution in [3.8, 4) is 0 Å². The van der Waals surface area contributed by atoms with E-state index in [9.17, 15) is 13.2 Å². The summed E-state index contributed by atoms with van der Waals surface area (Å²) < 4.78 is 28.0. The first-order valence-corrected chi connectivity index (χ1v) is 10.4. The molecule has 3 rings (SSSR count). The zero-order valence-electron chi connectivity index (χ0n) is 15.9. The van der Waals surface area contributed by atoms with E-state index >= 15 is 0 Å². The highest BCUT2D eigenvalue weighted by Crippen LogP contribution is 2.24. The fraction of sp³-hybridized carbons (Fsp3) is 0.350. The number of amides is 1. The normalized spacial score (nSPS) is 15.6. The van der Waals surface area contributed by atoms with Crippen LogP contribution in [0, 0.1) is 13.8 Å². The van der Waals surface area contributed by atoms with Crippen LogP contribution in [-0.4, -0.2) is 57.4 Å². The Hall–Kier alpha value is -2.38. The van der Waals surface area contributed by atoms with Gasteiger partial charge in [0.2, 0.25) is 0 Å². The molecule has 0 aliphatic carbocycles. The Morgan fingerprint density at radius 1 is 0.963 bits per heavy atom. The maximum atomic E-state index is 12.9. The molecule has 1 N–H and O–H groups in total. The number of benzene rings is 2. The molecule has 1 aliphatic heterocycles. The lowest BCUT2D eigenvalue weighted by Gasteiger charge is -2.32. The predicted molar refractivity (Wildman–Crippen MR) is 107 cm³/mol. The van der Waals surface area contributed by atoms with Gasteiger partial charge in [-0.2, -0.15) is 0 Å². The molecule has 1 aliphatic rings. The molecule has 2 aromatic rings. The van der Waals surface area contributed by atoms with Gasteiger partial charge in [-0.25, -0.2) is 8.42 Å². The van der Waals surface area contributed by atoms with Crippen LogP contribution in [0.2, 0.25) is 0 Å². The number of anilines is 1. The van der Waals surface area contributed by atoms with Gasteiger partial charge in [-0.3, -0.25) is 9.52 Å². The lowest BCUT2D eigenvalue weighted by Crippen LogP contribution is -2.47. The lowest BCUT2D eigenvalue weighted by molar-refractivity contribution is 0.0663. The van der Waals surface area contributed by atoms with Crippen LogP contribution in [0.3, 0.4) is 0 Å². The van der Waals surface area contributed by atoms with Crippen molar-refractivity contribution in [2.24, 2.45) is 0 Å². The average Bonchev–Trinajstić information content (AvgIpc) is 2.64. The summed E-state index contributed by atoms with van der Waals surface area (Å²) in [7, 11) is -1.67. The maximum Gasteiger partial charge on any atom is 0.261 e. The van der Waals surface area contributed by atoms with Gasteiger partial charge in [-0.1, -0.05) is 23.8 Å². The molecule has 1 amide bonds. The van der Waals surface area contributed by atoms with Crippen molar-refractivity contribution >= 4 is 21.6 Å². The van der Waals surface area contributed by atoms with Crippen molar-refractivity contribution in [3.05, 3.63) is 59.2 Å². The highest BCUT2D eigenvalue weighted by atomic mass is 32.2. The van der Waals surface area contributed by atoms with Gasteiger partial charge in [0.15, 0.2) is 0 Å². The molecule has 0 bridgehead atoms. The Morgan fingerprint density at radius 3 is 2.22 bits per heavy atom. The van der Waals surface area contributed by atoms with Crippen molar-refractivity contribution in [2.75, 3.05) is 37.9 Å². The molecule has 1 heterocycles. The molecular weight excluding hydrogens is 362 g/mol. The van der Waals surface area contributed by atoms with Crippen molar-refractivity contribution in [1.82, 2.24) is 9.80 Å². The molecule has 0 saturated carbocycles. The van der Waals surface area contributed by atoms with E-state index in [-0.39, 0.29) is 10.8 Å². The second-order valence-corrected chi connectivity index (χ2v) is 8.67. The molecule has 2 aromatic carbocycles. The topological polar surface area (TPSA) is 69.7 Å². The summed E-state index contributed by atoms with van der Waals surface area (Å²) in [6.07, 6.45) is 0. The summed E-state index contributed by atoms with van der Waals surface area (Å²) in [5.74, 6) is -0.0583. The molecule has 0 radical (unpaired) electrons. The van der Waals surface area contributed by atoms with Crippen molar-refractivity contribution in [2.45, 2.75) is 18.7 Å². The van der Waals surface area contributed by atoms with E-state index in [4.69, 9.17) is 0 Å². The maximum absolute atomic E-state index is 12.9. The molecule has 0 aromatic heterocycles. The predicted octanol–water partition coefficient (Wildman–Crippen LogP) is 2.49. The van der Waals surface area contributed by atoms with Crippen LogP contribution >= 0.6 is 0 Å². The number of carbonyl (C=O) groups excluding carboxylic acids is 1. The summed E-state index contributed by atoms with van der Waals surface area (Å²) in [4.78, 5) is 17.1. The van der Waals surface area contributed by atoms with Crippen LogP contribution in [0.4, 0.5) is 5.69 Å². The molecule has 1 saturated heterocycles. The number of carbonyl (C=O) groups is 1. The zero-order chi connectivity index (χ0) is 19.6. The highest BCUT2D eigenvalue weighted by molar-refractivity contribution is 7.92. The van der Waals surface area contributed by atoms with Gasteiger partial charge < -0.3 is 9.80 Å². The van der Waals surface area contributed by atoms with Gasteiger partial charge in [0.25, 0.3) is 15.9 Å². The minimum atomic E-state index is -3.71. The Bertz CT molecular complexity index is 931. The second-order valence-electron chi connectivity index (χ2n) is 6.99. The summed E-state index contributed by atoms with van der Waals surface area (Å²) in [5, 5.41) is 0. The average molecular weight is 388 g/mol. The lowest BCUT2D eigenvalue weighted by atomic mass is 10.1. The second kappa shape index (κ2) is 7.70. The first-order chi connectivity index (χ1) is 12.8. The van der Waals surface area contributed by atoms with Crippen LogP contribution in [0.5, 0.6) is 0 Å². The van der Waals surface area contributed by atoms with Crippen LogP contribution < -0.4 is 4.72 Å². The van der Waals surface area contributed by atoms with Crippen molar-refractivity contribution in [1.29, 1.82) is 0 Å². The molecule has 7 heteroatoms. The molecular formula is C20H25N3O3S. The van der Waals surface area contributed by atoms with Crippen molar-refractivity contribution in [3.63, 3.8) is 0 Å². The largest absolute Gasteiger partial charge is 0.336 e. The molecule has 144 valence electrons. The van der Waals surface area contributed by atoms with Crippen LogP contribution in [-0.2, 0) is 10.0 Å². The van der Waals surface area contributed by atoms with E-state index in [0.29, 0.717) is 29.9 Å². The van der Waals surface area contributed by atoms with E-state index < -0.39 is 10.0 Å². The van der Waals surface area contributed by atoms with Gasteiger partial charge in [-0.05, 0) is 50.7 Å². The number of hydrogen-bond donors (Lipinski definition) is 1. The Balaban J connectivity index is 1.84. The van der Waals surface area contributed by atoms with Gasteiger partial charge in [0.05, 0.1) is 10.6 Å². The summed E-state index contributed by atoms with van der Waals surface area (Å²) in [6.45, 7) is 6.70. The van der Waals surface area contributed by atoms with Gasteiger partial charge in [0, 0.05) is 31.7 Å². The highest BCUT2D eigenvalue weighted by Gasteiger charge is 2.23. The van der Waals surface area contributed by atoms with Gasteiger partial charge >= 0.3 is 0 Å². The zero-order valence-corrected chi connectivity index (χ0v) is 16.7. The molecule has 0 unspecified atom stereocenters. The number of piperazine rings is 1. The molecule has 0 spiro atoms. The molecule has 1 fully saturated rings. The van der Waals surface area contributed by atoms with Gasteiger partial charge in [0.1, 0.15) is 0 Å². The van der Waals surface area contributed by atoms with Crippen LogP contribution in [0.1, 0.15) is 21.5 Å². The number of nitrogens with zero attached hydrogens (tertiary/aromatic N) is 2. The minimum absolute atomic E-state index is 0.0583.